The van der Waals surface area contributed by atoms with Crippen LogP contribution in [0.3, 0.4) is 0 Å². The van der Waals surface area contributed by atoms with E-state index in [2.05, 4.69) is 5.32 Å². The number of benzene rings is 2. The van der Waals surface area contributed by atoms with Crippen LogP contribution in [0, 0.1) is 5.92 Å². The molecule has 0 saturated carbocycles. The lowest BCUT2D eigenvalue weighted by Crippen LogP contribution is -2.28. The normalized spacial score (nSPS) is 16.2. The fourth-order valence-corrected chi connectivity index (χ4v) is 3.11. The van der Waals surface area contributed by atoms with Gasteiger partial charge >= 0.3 is 0 Å². The maximum atomic E-state index is 12.6. The lowest BCUT2D eigenvalue weighted by Gasteiger charge is -2.19. The van der Waals surface area contributed by atoms with Crippen molar-refractivity contribution in [1.29, 1.82) is 0 Å². The Labute approximate surface area is 157 Å². The van der Waals surface area contributed by atoms with E-state index in [0.29, 0.717) is 35.2 Å². The van der Waals surface area contributed by atoms with E-state index >= 15 is 0 Å². The number of rotatable bonds is 6. The number of carbonyl (C=O) groups is 2. The van der Waals surface area contributed by atoms with Crippen LogP contribution in [-0.4, -0.2) is 39.7 Å². The average Bonchev–Trinajstić information content (AvgIpc) is 3.09. The molecule has 1 aliphatic heterocycles. The van der Waals surface area contributed by atoms with Crippen LogP contribution in [-0.2, 0) is 9.59 Å². The topological polar surface area (TPSA) is 77.1 Å². The molecule has 1 atom stereocenters. The molecule has 1 saturated heterocycles. The van der Waals surface area contributed by atoms with Crippen molar-refractivity contribution in [2.24, 2.45) is 5.92 Å². The Morgan fingerprint density at radius 3 is 2.41 bits per heavy atom. The summed E-state index contributed by atoms with van der Waals surface area (Å²) in [7, 11) is 4.64. The number of carbonyl (C=O) groups excluding carboxylic acids is 2. The van der Waals surface area contributed by atoms with Crippen LogP contribution in [0.1, 0.15) is 6.42 Å². The molecule has 1 fully saturated rings. The van der Waals surface area contributed by atoms with Gasteiger partial charge in [0.25, 0.3) is 0 Å². The van der Waals surface area contributed by atoms with Crippen LogP contribution < -0.4 is 24.4 Å². The second-order valence-electron chi connectivity index (χ2n) is 6.13. The van der Waals surface area contributed by atoms with E-state index in [9.17, 15) is 9.59 Å². The van der Waals surface area contributed by atoms with E-state index in [0.717, 1.165) is 0 Å². The highest BCUT2D eigenvalue weighted by Gasteiger charge is 2.35. The van der Waals surface area contributed by atoms with Gasteiger partial charge in [-0.05, 0) is 24.3 Å². The fraction of sp³-hybridized carbons (Fsp3) is 0.300. The lowest BCUT2D eigenvalue weighted by atomic mass is 10.1. The third-order valence-electron chi connectivity index (χ3n) is 4.54. The third kappa shape index (κ3) is 3.81. The molecular formula is C20H22N2O5. The lowest BCUT2D eigenvalue weighted by molar-refractivity contribution is -0.122. The second-order valence-corrected chi connectivity index (χ2v) is 6.13. The van der Waals surface area contributed by atoms with Gasteiger partial charge in [0.1, 0.15) is 5.75 Å². The summed E-state index contributed by atoms with van der Waals surface area (Å²) in [6.07, 6.45) is 0.148. The summed E-state index contributed by atoms with van der Waals surface area (Å²) in [6, 6.07) is 12.4. The molecule has 7 heteroatoms. The minimum absolute atomic E-state index is 0.109. The molecule has 0 aliphatic carbocycles. The zero-order chi connectivity index (χ0) is 19.4. The fourth-order valence-electron chi connectivity index (χ4n) is 3.11. The molecule has 2 aromatic carbocycles. The van der Waals surface area contributed by atoms with Crippen molar-refractivity contribution in [2.75, 3.05) is 38.1 Å². The number of hydrogen-bond donors (Lipinski definition) is 1. The third-order valence-corrected chi connectivity index (χ3v) is 4.54. The molecule has 2 aromatic rings. The molecule has 0 aromatic heterocycles. The Morgan fingerprint density at radius 1 is 1.00 bits per heavy atom. The average molecular weight is 370 g/mol. The van der Waals surface area contributed by atoms with Crippen LogP contribution >= 0.6 is 0 Å². The Balaban J connectivity index is 1.74. The van der Waals surface area contributed by atoms with Crippen LogP contribution in [0.5, 0.6) is 17.2 Å². The molecule has 1 heterocycles. The van der Waals surface area contributed by atoms with Gasteiger partial charge in [-0.3, -0.25) is 9.59 Å². The number of nitrogens with one attached hydrogen (secondary N) is 1. The highest BCUT2D eigenvalue weighted by atomic mass is 16.5. The van der Waals surface area contributed by atoms with Gasteiger partial charge in [0, 0.05) is 24.7 Å². The van der Waals surface area contributed by atoms with E-state index in [4.69, 9.17) is 14.2 Å². The molecule has 0 radical (unpaired) electrons. The first-order chi connectivity index (χ1) is 13.1. The first kappa shape index (κ1) is 18.6. The Kier molecular flexibility index (Phi) is 5.49. The van der Waals surface area contributed by atoms with Gasteiger partial charge in [0.2, 0.25) is 11.8 Å². The summed E-state index contributed by atoms with van der Waals surface area (Å²) in [4.78, 5) is 26.7. The zero-order valence-corrected chi connectivity index (χ0v) is 15.5. The minimum Gasteiger partial charge on any atom is -0.495 e. The highest BCUT2D eigenvalue weighted by Crippen LogP contribution is 2.34. The molecular weight excluding hydrogens is 348 g/mol. The Morgan fingerprint density at radius 2 is 1.70 bits per heavy atom. The summed E-state index contributed by atoms with van der Waals surface area (Å²) in [6.45, 7) is 0.301. The standard InChI is InChI=1S/C20H22N2O5/c1-25-16-7-5-4-6-15(16)21-20(24)13-10-19(23)22(12-13)14-8-9-17(26-2)18(11-14)27-3/h4-9,11,13H,10,12H2,1-3H3,(H,21,24). The van der Waals surface area contributed by atoms with Gasteiger partial charge in [-0.15, -0.1) is 0 Å². The van der Waals surface area contributed by atoms with Crippen molar-refractivity contribution in [3.63, 3.8) is 0 Å². The number of hydrogen-bond acceptors (Lipinski definition) is 5. The Bertz CT molecular complexity index is 852. The monoisotopic (exact) mass is 370 g/mol. The van der Waals surface area contributed by atoms with E-state index in [1.165, 1.54) is 7.11 Å². The van der Waals surface area contributed by atoms with Crippen LogP contribution in [0.25, 0.3) is 0 Å². The summed E-state index contributed by atoms with van der Waals surface area (Å²) in [5, 5.41) is 2.85. The van der Waals surface area contributed by atoms with Crippen LogP contribution in [0.2, 0.25) is 0 Å². The predicted molar refractivity (Wildman–Crippen MR) is 102 cm³/mol. The molecule has 0 bridgehead atoms. The van der Waals surface area contributed by atoms with E-state index in [-0.39, 0.29) is 18.2 Å². The maximum Gasteiger partial charge on any atom is 0.229 e. The van der Waals surface area contributed by atoms with Crippen molar-refractivity contribution in [2.45, 2.75) is 6.42 Å². The van der Waals surface area contributed by atoms with Gasteiger partial charge in [-0.25, -0.2) is 0 Å². The Hall–Kier alpha value is -3.22. The number of amides is 2. The summed E-state index contributed by atoms with van der Waals surface area (Å²) in [5.41, 5.74) is 1.26. The SMILES string of the molecule is COc1ccccc1NC(=O)C1CC(=O)N(c2ccc(OC)c(OC)c2)C1. The molecule has 2 amide bonds. The molecule has 0 spiro atoms. The summed E-state index contributed by atoms with van der Waals surface area (Å²) in [5.74, 6) is 0.920. The van der Waals surface area contributed by atoms with Crippen molar-refractivity contribution in [3.8, 4) is 17.2 Å². The van der Waals surface area contributed by atoms with Gasteiger partial charge < -0.3 is 24.4 Å². The largest absolute Gasteiger partial charge is 0.495 e. The number of nitrogens with zero attached hydrogens (tertiary/aromatic N) is 1. The molecule has 1 unspecified atom stereocenters. The minimum atomic E-state index is -0.449. The van der Waals surface area contributed by atoms with Crippen LogP contribution in [0.4, 0.5) is 11.4 Å². The van der Waals surface area contributed by atoms with Crippen LogP contribution in [0.15, 0.2) is 42.5 Å². The molecule has 3 rings (SSSR count). The van der Waals surface area contributed by atoms with Gasteiger partial charge in [-0.2, -0.15) is 0 Å². The number of ether oxygens (including phenoxy) is 3. The number of methoxy groups -OCH3 is 3. The van der Waals surface area contributed by atoms with Gasteiger partial charge in [0.05, 0.1) is 32.9 Å². The van der Waals surface area contributed by atoms with Crippen molar-refractivity contribution < 1.29 is 23.8 Å². The maximum absolute atomic E-state index is 12.6. The summed E-state index contributed by atoms with van der Waals surface area (Å²) < 4.78 is 15.8. The summed E-state index contributed by atoms with van der Waals surface area (Å²) >= 11 is 0. The van der Waals surface area contributed by atoms with Gasteiger partial charge in [-0.1, -0.05) is 12.1 Å². The smallest absolute Gasteiger partial charge is 0.229 e. The number of anilines is 2. The molecule has 1 aliphatic rings. The van der Waals surface area contributed by atoms with Crippen molar-refractivity contribution in [3.05, 3.63) is 42.5 Å². The van der Waals surface area contributed by atoms with E-state index in [1.54, 1.807) is 49.5 Å². The zero-order valence-electron chi connectivity index (χ0n) is 15.5. The second kappa shape index (κ2) is 7.99. The molecule has 1 N–H and O–H groups in total. The molecule has 142 valence electrons. The predicted octanol–water partition coefficient (Wildman–Crippen LogP) is 2.70. The number of para-hydroxylation sites is 2. The quantitative estimate of drug-likeness (QED) is 0.846. The highest BCUT2D eigenvalue weighted by molar-refractivity contribution is 6.04. The first-order valence-corrected chi connectivity index (χ1v) is 8.53. The van der Waals surface area contributed by atoms with Crippen molar-refractivity contribution in [1.82, 2.24) is 0 Å². The first-order valence-electron chi connectivity index (χ1n) is 8.53. The van der Waals surface area contributed by atoms with E-state index in [1.807, 2.05) is 12.1 Å². The molecule has 27 heavy (non-hydrogen) atoms. The van der Waals surface area contributed by atoms with Crippen molar-refractivity contribution >= 4 is 23.2 Å². The van der Waals surface area contributed by atoms with E-state index < -0.39 is 5.92 Å². The molecule has 7 nitrogen and oxygen atoms in total. The van der Waals surface area contributed by atoms with Gasteiger partial charge in [0.15, 0.2) is 11.5 Å².